The Labute approximate surface area is 159 Å². The third kappa shape index (κ3) is 5.51. The first-order valence-corrected chi connectivity index (χ1v) is 9.27. The predicted molar refractivity (Wildman–Crippen MR) is 105 cm³/mol. The molecule has 1 aromatic carbocycles. The Kier molecular flexibility index (Phi) is 6.73. The summed E-state index contributed by atoms with van der Waals surface area (Å²) in [7, 11) is 0. The van der Waals surface area contributed by atoms with E-state index in [4.69, 9.17) is 14.2 Å². The molecule has 0 saturated carbocycles. The van der Waals surface area contributed by atoms with Crippen LogP contribution in [0.4, 0.5) is 0 Å². The second kappa shape index (κ2) is 9.66. The van der Waals surface area contributed by atoms with Crippen LogP contribution in [0.25, 0.3) is 0 Å². The summed E-state index contributed by atoms with van der Waals surface area (Å²) in [5.74, 6) is 2.92. The van der Waals surface area contributed by atoms with Gasteiger partial charge < -0.3 is 24.8 Å². The minimum Gasteiger partial charge on any atom is -0.486 e. The zero-order chi connectivity index (χ0) is 18.9. The lowest BCUT2D eigenvalue weighted by molar-refractivity contribution is 0.0936. The Hall–Kier alpha value is -2.96. The van der Waals surface area contributed by atoms with Crippen molar-refractivity contribution in [2.24, 2.45) is 4.99 Å². The molecule has 7 heteroatoms. The number of benzene rings is 1. The van der Waals surface area contributed by atoms with Crippen molar-refractivity contribution < 1.29 is 14.2 Å². The number of para-hydroxylation sites is 2. The van der Waals surface area contributed by atoms with E-state index in [-0.39, 0.29) is 6.10 Å². The molecule has 144 valence electrons. The van der Waals surface area contributed by atoms with Crippen molar-refractivity contribution in [3.63, 3.8) is 0 Å². The van der Waals surface area contributed by atoms with Gasteiger partial charge in [-0.05, 0) is 37.6 Å². The molecule has 1 aliphatic rings. The van der Waals surface area contributed by atoms with E-state index >= 15 is 0 Å². The first kappa shape index (κ1) is 18.8. The molecule has 1 aliphatic heterocycles. The van der Waals surface area contributed by atoms with Crippen molar-refractivity contribution in [1.29, 1.82) is 0 Å². The second-order valence-corrected chi connectivity index (χ2v) is 6.01. The smallest absolute Gasteiger partial charge is 0.213 e. The van der Waals surface area contributed by atoms with Crippen molar-refractivity contribution in [2.45, 2.75) is 26.5 Å². The van der Waals surface area contributed by atoms with E-state index in [1.54, 1.807) is 6.20 Å². The van der Waals surface area contributed by atoms with Gasteiger partial charge in [-0.25, -0.2) is 9.98 Å². The number of aromatic nitrogens is 1. The Morgan fingerprint density at radius 2 is 2.07 bits per heavy atom. The van der Waals surface area contributed by atoms with E-state index in [0.29, 0.717) is 32.2 Å². The van der Waals surface area contributed by atoms with Crippen LogP contribution < -0.4 is 24.8 Å². The van der Waals surface area contributed by atoms with E-state index in [2.05, 4.69) is 20.6 Å². The van der Waals surface area contributed by atoms with Gasteiger partial charge in [0.15, 0.2) is 17.5 Å². The standard InChI is InChI=1S/C20H26N4O3/c1-3-21-20(23-12-15-9-10-22-19(11-15)25-4-2)24-13-16-14-26-17-7-5-6-8-18(17)27-16/h5-11,16H,3-4,12-14H2,1-2H3,(H2,21,23,24). The van der Waals surface area contributed by atoms with Gasteiger partial charge in [0, 0.05) is 18.8 Å². The highest BCUT2D eigenvalue weighted by Gasteiger charge is 2.20. The molecule has 1 atom stereocenters. The van der Waals surface area contributed by atoms with Crippen LogP contribution in [-0.4, -0.2) is 43.4 Å². The molecule has 0 bridgehead atoms. The van der Waals surface area contributed by atoms with Gasteiger partial charge in [-0.3, -0.25) is 0 Å². The predicted octanol–water partition coefficient (Wildman–Crippen LogP) is 2.38. The lowest BCUT2D eigenvalue weighted by atomic mass is 10.2. The van der Waals surface area contributed by atoms with E-state index < -0.39 is 0 Å². The van der Waals surface area contributed by atoms with Gasteiger partial charge in [-0.1, -0.05) is 12.1 Å². The van der Waals surface area contributed by atoms with Crippen LogP contribution in [0.2, 0.25) is 0 Å². The topological polar surface area (TPSA) is 77.0 Å². The van der Waals surface area contributed by atoms with Crippen molar-refractivity contribution in [3.05, 3.63) is 48.2 Å². The van der Waals surface area contributed by atoms with Gasteiger partial charge in [-0.15, -0.1) is 0 Å². The van der Waals surface area contributed by atoms with E-state index in [1.165, 1.54) is 0 Å². The number of guanidine groups is 1. The summed E-state index contributed by atoms with van der Waals surface area (Å²) in [6.07, 6.45) is 1.66. The summed E-state index contributed by atoms with van der Waals surface area (Å²) in [5, 5.41) is 6.57. The summed E-state index contributed by atoms with van der Waals surface area (Å²) in [6, 6.07) is 11.5. The first-order chi connectivity index (χ1) is 13.3. The lowest BCUT2D eigenvalue weighted by Crippen LogP contribution is -2.45. The minimum atomic E-state index is -0.0748. The highest BCUT2D eigenvalue weighted by atomic mass is 16.6. The molecule has 0 spiro atoms. The summed E-state index contributed by atoms with van der Waals surface area (Å²) < 4.78 is 17.2. The minimum absolute atomic E-state index is 0.0748. The molecular weight excluding hydrogens is 344 g/mol. The molecule has 2 aromatic rings. The first-order valence-electron chi connectivity index (χ1n) is 9.27. The van der Waals surface area contributed by atoms with Crippen LogP contribution >= 0.6 is 0 Å². The van der Waals surface area contributed by atoms with Crippen molar-refractivity contribution in [2.75, 3.05) is 26.3 Å². The molecule has 7 nitrogen and oxygen atoms in total. The SMILES string of the molecule is CCNC(=NCc1ccnc(OCC)c1)NCC1COc2ccccc2O1. The molecule has 0 saturated heterocycles. The van der Waals surface area contributed by atoms with Gasteiger partial charge in [0.05, 0.1) is 19.7 Å². The number of aliphatic imine (C=N–C) groups is 1. The van der Waals surface area contributed by atoms with Crippen LogP contribution in [0.5, 0.6) is 17.4 Å². The van der Waals surface area contributed by atoms with Gasteiger partial charge in [0.25, 0.3) is 0 Å². The Morgan fingerprint density at radius 1 is 1.22 bits per heavy atom. The number of ether oxygens (including phenoxy) is 3. The third-order valence-electron chi connectivity index (χ3n) is 3.92. The Balaban J connectivity index is 1.56. The molecule has 3 rings (SSSR count). The molecule has 2 heterocycles. The van der Waals surface area contributed by atoms with Crippen molar-refractivity contribution >= 4 is 5.96 Å². The number of nitrogens with one attached hydrogen (secondary N) is 2. The molecule has 0 fully saturated rings. The summed E-state index contributed by atoms with van der Waals surface area (Å²) in [5.41, 5.74) is 1.04. The van der Waals surface area contributed by atoms with E-state index in [1.807, 2.05) is 50.2 Å². The van der Waals surface area contributed by atoms with Gasteiger partial charge in [0.2, 0.25) is 5.88 Å². The normalized spacial score (nSPS) is 15.9. The fraction of sp³-hybridized carbons (Fsp3) is 0.400. The lowest BCUT2D eigenvalue weighted by Gasteiger charge is -2.27. The van der Waals surface area contributed by atoms with Crippen LogP contribution in [0.15, 0.2) is 47.6 Å². The zero-order valence-corrected chi connectivity index (χ0v) is 15.8. The quantitative estimate of drug-likeness (QED) is 0.576. The number of nitrogens with zero attached hydrogens (tertiary/aromatic N) is 2. The second-order valence-electron chi connectivity index (χ2n) is 6.01. The van der Waals surface area contributed by atoms with Crippen molar-refractivity contribution in [1.82, 2.24) is 15.6 Å². The zero-order valence-electron chi connectivity index (χ0n) is 15.8. The summed E-state index contributed by atoms with van der Waals surface area (Å²) >= 11 is 0. The molecule has 0 amide bonds. The maximum atomic E-state index is 5.97. The van der Waals surface area contributed by atoms with E-state index in [0.717, 1.165) is 29.6 Å². The molecular formula is C20H26N4O3. The molecule has 27 heavy (non-hydrogen) atoms. The average molecular weight is 370 g/mol. The van der Waals surface area contributed by atoms with Gasteiger partial charge in [0.1, 0.15) is 12.7 Å². The van der Waals surface area contributed by atoms with Crippen LogP contribution in [0.3, 0.4) is 0 Å². The van der Waals surface area contributed by atoms with Gasteiger partial charge in [-0.2, -0.15) is 0 Å². The average Bonchev–Trinajstić information content (AvgIpc) is 2.70. The molecule has 2 N–H and O–H groups in total. The third-order valence-corrected chi connectivity index (χ3v) is 3.92. The molecule has 0 aliphatic carbocycles. The maximum Gasteiger partial charge on any atom is 0.213 e. The highest BCUT2D eigenvalue weighted by Crippen LogP contribution is 2.30. The fourth-order valence-electron chi connectivity index (χ4n) is 2.66. The van der Waals surface area contributed by atoms with Crippen LogP contribution in [0, 0.1) is 0 Å². The number of rotatable bonds is 7. The summed E-state index contributed by atoms with van der Waals surface area (Å²) in [4.78, 5) is 8.80. The Bertz CT molecular complexity index is 766. The van der Waals surface area contributed by atoms with Gasteiger partial charge >= 0.3 is 0 Å². The van der Waals surface area contributed by atoms with Crippen LogP contribution in [0.1, 0.15) is 19.4 Å². The monoisotopic (exact) mass is 370 g/mol. The number of pyridine rings is 1. The Morgan fingerprint density at radius 3 is 2.89 bits per heavy atom. The highest BCUT2D eigenvalue weighted by molar-refractivity contribution is 5.79. The fourth-order valence-corrected chi connectivity index (χ4v) is 2.66. The number of fused-ring (bicyclic) bond motifs is 1. The molecule has 0 radical (unpaired) electrons. The molecule has 1 aromatic heterocycles. The maximum absolute atomic E-state index is 5.97. The number of hydrogen-bond acceptors (Lipinski definition) is 5. The van der Waals surface area contributed by atoms with E-state index in [9.17, 15) is 0 Å². The van der Waals surface area contributed by atoms with Crippen LogP contribution in [-0.2, 0) is 6.54 Å². The van der Waals surface area contributed by atoms with Crippen molar-refractivity contribution in [3.8, 4) is 17.4 Å². The largest absolute Gasteiger partial charge is 0.486 e. The number of hydrogen-bond donors (Lipinski definition) is 2. The summed E-state index contributed by atoms with van der Waals surface area (Å²) in [6.45, 7) is 6.98. The molecule has 1 unspecified atom stereocenters.